The van der Waals surface area contributed by atoms with Crippen LogP contribution < -0.4 is 4.72 Å². The predicted octanol–water partition coefficient (Wildman–Crippen LogP) is 2.35. The molecule has 0 spiro atoms. The van der Waals surface area contributed by atoms with Gasteiger partial charge in [0.25, 0.3) is 0 Å². The van der Waals surface area contributed by atoms with E-state index in [0.29, 0.717) is 6.42 Å². The average molecular weight is 338 g/mol. The number of benzene rings is 1. The fourth-order valence-electron chi connectivity index (χ4n) is 1.68. The number of carbonyl (C=O) groups is 1. The minimum absolute atomic E-state index is 0.0814. The van der Waals surface area contributed by atoms with Gasteiger partial charge in [0.2, 0.25) is 10.0 Å². The van der Waals surface area contributed by atoms with Gasteiger partial charge in [-0.1, -0.05) is 31.9 Å². The Morgan fingerprint density at radius 2 is 2.10 bits per heavy atom. The highest BCUT2D eigenvalue weighted by molar-refractivity contribution is 7.89. The van der Waals surface area contributed by atoms with Crippen LogP contribution in [0.1, 0.15) is 20.3 Å². The summed E-state index contributed by atoms with van der Waals surface area (Å²) in [5, 5.41) is 0.0814. The molecular weight excluding hydrogens is 321 g/mol. The van der Waals surface area contributed by atoms with Crippen LogP contribution in [0.25, 0.3) is 0 Å². The van der Waals surface area contributed by atoms with Gasteiger partial charge in [0.05, 0.1) is 7.11 Å². The molecule has 8 heteroatoms. The molecule has 0 aromatic heterocycles. The summed E-state index contributed by atoms with van der Waals surface area (Å²) in [6.07, 6.45) is 0.547. The number of hydrogen-bond acceptors (Lipinski definition) is 4. The second kappa shape index (κ2) is 7.20. The number of ether oxygens (including phenoxy) is 1. The third kappa shape index (κ3) is 4.39. The minimum atomic E-state index is -4.20. The molecule has 0 saturated heterocycles. The van der Waals surface area contributed by atoms with E-state index in [2.05, 4.69) is 9.46 Å². The van der Waals surface area contributed by atoms with Crippen molar-refractivity contribution in [2.75, 3.05) is 7.11 Å². The van der Waals surface area contributed by atoms with Gasteiger partial charge in [0, 0.05) is 5.02 Å². The molecule has 0 radical (unpaired) electrons. The highest BCUT2D eigenvalue weighted by atomic mass is 35.5. The van der Waals surface area contributed by atoms with Gasteiger partial charge in [-0.2, -0.15) is 4.72 Å². The van der Waals surface area contributed by atoms with Crippen LogP contribution in [0.2, 0.25) is 5.02 Å². The van der Waals surface area contributed by atoms with Crippen LogP contribution >= 0.6 is 11.6 Å². The van der Waals surface area contributed by atoms with E-state index in [9.17, 15) is 17.6 Å². The number of methoxy groups -OCH3 is 1. The summed E-state index contributed by atoms with van der Waals surface area (Å²) in [6, 6.07) is 2.12. The Labute approximate surface area is 128 Å². The molecule has 5 nitrogen and oxygen atoms in total. The first-order valence-corrected chi connectivity index (χ1v) is 8.14. The van der Waals surface area contributed by atoms with Crippen molar-refractivity contribution in [1.82, 2.24) is 4.72 Å². The van der Waals surface area contributed by atoms with Gasteiger partial charge < -0.3 is 4.74 Å². The molecule has 0 aliphatic heterocycles. The van der Waals surface area contributed by atoms with Crippen molar-refractivity contribution in [3.8, 4) is 0 Å². The lowest BCUT2D eigenvalue weighted by Gasteiger charge is -2.21. The SMILES string of the molecule is CC[C@@H](C)[C@@H](NS(=O)(=O)c1ccc(Cl)cc1F)C(=O)OC. The number of carbonyl (C=O) groups excluding carboxylic acids is 1. The van der Waals surface area contributed by atoms with Crippen LogP contribution in [-0.2, 0) is 19.6 Å². The highest BCUT2D eigenvalue weighted by Gasteiger charge is 2.31. The zero-order valence-corrected chi connectivity index (χ0v) is 13.5. The third-order valence-corrected chi connectivity index (χ3v) is 4.84. The van der Waals surface area contributed by atoms with Gasteiger partial charge in [-0.25, -0.2) is 12.8 Å². The maximum atomic E-state index is 13.7. The van der Waals surface area contributed by atoms with Crippen molar-refractivity contribution in [3.63, 3.8) is 0 Å². The van der Waals surface area contributed by atoms with E-state index >= 15 is 0 Å². The normalized spacial score (nSPS) is 14.5. The molecule has 0 fully saturated rings. The maximum Gasteiger partial charge on any atom is 0.324 e. The van der Waals surface area contributed by atoms with Crippen molar-refractivity contribution in [2.45, 2.75) is 31.2 Å². The van der Waals surface area contributed by atoms with Gasteiger partial charge in [0.15, 0.2) is 0 Å². The molecule has 1 rings (SSSR count). The van der Waals surface area contributed by atoms with E-state index in [1.165, 1.54) is 6.07 Å². The standard InChI is InChI=1S/C13H17ClFNO4S/c1-4-8(2)12(13(17)20-3)16-21(18,19)11-6-5-9(14)7-10(11)15/h5-8,12,16H,4H2,1-3H3/t8-,12-/m1/s1. The molecule has 1 N–H and O–H groups in total. The fraction of sp³-hybridized carbons (Fsp3) is 0.462. The van der Waals surface area contributed by atoms with E-state index in [1.807, 2.05) is 0 Å². The molecule has 1 aromatic rings. The molecule has 0 unspecified atom stereocenters. The molecule has 0 aliphatic rings. The van der Waals surface area contributed by atoms with Crippen LogP contribution in [0.15, 0.2) is 23.1 Å². The van der Waals surface area contributed by atoms with E-state index in [4.69, 9.17) is 11.6 Å². The van der Waals surface area contributed by atoms with Crippen molar-refractivity contribution in [3.05, 3.63) is 29.0 Å². The monoisotopic (exact) mass is 337 g/mol. The summed E-state index contributed by atoms with van der Waals surface area (Å²) >= 11 is 5.59. The number of halogens is 2. The van der Waals surface area contributed by atoms with Crippen LogP contribution in [0.4, 0.5) is 4.39 Å². The minimum Gasteiger partial charge on any atom is -0.468 e. The summed E-state index contributed by atoms with van der Waals surface area (Å²) in [6.45, 7) is 3.50. The topological polar surface area (TPSA) is 72.5 Å². The molecule has 1 aromatic carbocycles. The van der Waals surface area contributed by atoms with E-state index in [-0.39, 0.29) is 10.9 Å². The Bertz CT molecular complexity index is 621. The summed E-state index contributed by atoms with van der Waals surface area (Å²) < 4.78 is 44.9. The van der Waals surface area contributed by atoms with Crippen LogP contribution in [0.3, 0.4) is 0 Å². The second-order valence-electron chi connectivity index (χ2n) is 4.58. The molecule has 2 atom stereocenters. The molecule has 0 amide bonds. The van der Waals surface area contributed by atoms with Crippen LogP contribution in [0.5, 0.6) is 0 Å². The first kappa shape index (κ1) is 17.9. The quantitative estimate of drug-likeness (QED) is 0.809. The predicted molar refractivity (Wildman–Crippen MR) is 77.0 cm³/mol. The lowest BCUT2D eigenvalue weighted by molar-refractivity contribution is -0.143. The summed E-state index contributed by atoms with van der Waals surface area (Å²) in [5.41, 5.74) is 0. The number of sulfonamides is 1. The zero-order valence-electron chi connectivity index (χ0n) is 11.9. The average Bonchev–Trinajstić information content (AvgIpc) is 2.42. The number of rotatable bonds is 6. The van der Waals surface area contributed by atoms with Crippen molar-refractivity contribution < 1.29 is 22.3 Å². The van der Waals surface area contributed by atoms with Crippen molar-refractivity contribution in [2.24, 2.45) is 5.92 Å². The highest BCUT2D eigenvalue weighted by Crippen LogP contribution is 2.20. The van der Waals surface area contributed by atoms with Crippen LogP contribution in [0, 0.1) is 11.7 Å². The van der Waals surface area contributed by atoms with Gasteiger partial charge in [-0.05, 0) is 24.1 Å². The molecular formula is C13H17ClFNO4S. The maximum absolute atomic E-state index is 13.7. The Balaban J connectivity index is 3.14. The first-order valence-electron chi connectivity index (χ1n) is 6.28. The zero-order chi connectivity index (χ0) is 16.2. The number of hydrogen-bond donors (Lipinski definition) is 1. The van der Waals surface area contributed by atoms with Gasteiger partial charge in [-0.15, -0.1) is 0 Å². The molecule has 0 saturated carbocycles. The Morgan fingerprint density at radius 1 is 1.48 bits per heavy atom. The number of nitrogens with one attached hydrogen (secondary N) is 1. The molecule has 21 heavy (non-hydrogen) atoms. The largest absolute Gasteiger partial charge is 0.468 e. The second-order valence-corrected chi connectivity index (χ2v) is 6.70. The molecule has 0 aliphatic carbocycles. The van der Waals surface area contributed by atoms with Gasteiger partial charge in [-0.3, -0.25) is 4.79 Å². The van der Waals surface area contributed by atoms with Crippen molar-refractivity contribution in [1.29, 1.82) is 0 Å². The lowest BCUT2D eigenvalue weighted by atomic mass is 10.0. The Morgan fingerprint density at radius 3 is 2.57 bits per heavy atom. The Kier molecular flexibility index (Phi) is 6.12. The van der Waals surface area contributed by atoms with Gasteiger partial charge >= 0.3 is 5.97 Å². The summed E-state index contributed by atoms with van der Waals surface area (Å²) in [5.74, 6) is -2.01. The van der Waals surface area contributed by atoms with E-state index in [1.54, 1.807) is 13.8 Å². The van der Waals surface area contributed by atoms with Crippen molar-refractivity contribution >= 4 is 27.6 Å². The molecule has 0 bridgehead atoms. The molecule has 0 heterocycles. The Hall–Kier alpha value is -1.18. The lowest BCUT2D eigenvalue weighted by Crippen LogP contribution is -2.45. The van der Waals surface area contributed by atoms with Gasteiger partial charge in [0.1, 0.15) is 16.8 Å². The number of esters is 1. The fourth-order valence-corrected chi connectivity index (χ4v) is 3.19. The summed E-state index contributed by atoms with van der Waals surface area (Å²) in [7, 11) is -3.04. The van der Waals surface area contributed by atoms with Crippen LogP contribution in [-0.4, -0.2) is 27.5 Å². The third-order valence-electron chi connectivity index (χ3n) is 3.13. The van der Waals surface area contributed by atoms with E-state index < -0.39 is 32.7 Å². The first-order chi connectivity index (χ1) is 9.72. The smallest absolute Gasteiger partial charge is 0.324 e. The summed E-state index contributed by atoms with van der Waals surface area (Å²) in [4.78, 5) is 11.1. The van der Waals surface area contributed by atoms with E-state index in [0.717, 1.165) is 19.2 Å². The molecule has 118 valence electrons.